The first-order chi connectivity index (χ1) is 17.4. The number of hydrogen-bond acceptors (Lipinski definition) is 7. The Kier molecular flexibility index (Phi) is 7.12. The molecule has 0 saturated heterocycles. The highest BCUT2D eigenvalue weighted by atomic mass is 35.5. The number of rotatable bonds is 6. The summed E-state index contributed by atoms with van der Waals surface area (Å²) < 4.78 is 21.7. The number of halogens is 2. The van der Waals surface area contributed by atoms with Crippen molar-refractivity contribution in [3.05, 3.63) is 92.4 Å². The highest BCUT2D eigenvalue weighted by Crippen LogP contribution is 2.30. The molecule has 1 N–H and O–H groups in total. The van der Waals surface area contributed by atoms with Crippen LogP contribution in [-0.2, 0) is 5.60 Å². The maximum Gasteiger partial charge on any atom is 0.277 e. The smallest absolute Gasteiger partial charge is 0.277 e. The number of aliphatic hydroxyl groups is 1. The lowest BCUT2D eigenvalue weighted by Gasteiger charge is -2.19. The molecular weight excluding hydrogens is 497 g/mol. The first-order valence-corrected chi connectivity index (χ1v) is 12.0. The predicted molar refractivity (Wildman–Crippen MR) is 139 cm³/mol. The quantitative estimate of drug-likeness (QED) is 0.372. The largest absolute Gasteiger partial charge is 0.482 e. The second-order valence-electron chi connectivity index (χ2n) is 9.42. The van der Waals surface area contributed by atoms with Gasteiger partial charge in [0.05, 0.1) is 17.1 Å². The van der Waals surface area contributed by atoms with Crippen LogP contribution in [0.4, 0.5) is 4.39 Å². The van der Waals surface area contributed by atoms with Gasteiger partial charge in [0.1, 0.15) is 34.0 Å². The molecule has 8 nitrogen and oxygen atoms in total. The minimum Gasteiger partial charge on any atom is -0.482 e. The van der Waals surface area contributed by atoms with Gasteiger partial charge in [-0.25, -0.2) is 14.4 Å². The molecule has 1 atom stereocenters. The first kappa shape index (κ1) is 26.4. The van der Waals surface area contributed by atoms with Crippen molar-refractivity contribution >= 4 is 11.6 Å². The third-order valence-electron chi connectivity index (χ3n) is 5.78. The van der Waals surface area contributed by atoms with Gasteiger partial charge in [-0.3, -0.25) is 19.3 Å². The average Bonchev–Trinajstić information content (AvgIpc) is 2.83. The molecule has 0 fully saturated rings. The standard InChI is InChI=1S/C27H27ClFN5O3/c1-14-9-18(29)24(32-12-14)17(4)37-22-10-16(3)34(25(35)23(22)28)21-11-20(31-13-15(21)2)19-7-8-30-26(33-19)27(5,6)36/h7-13,17,36H,1-6H3. The van der Waals surface area contributed by atoms with E-state index in [2.05, 4.69) is 19.9 Å². The van der Waals surface area contributed by atoms with Crippen LogP contribution in [0.3, 0.4) is 0 Å². The minimum atomic E-state index is -1.23. The second-order valence-corrected chi connectivity index (χ2v) is 9.80. The van der Waals surface area contributed by atoms with Gasteiger partial charge in [0.15, 0.2) is 5.82 Å². The van der Waals surface area contributed by atoms with Crippen LogP contribution in [0.25, 0.3) is 17.1 Å². The van der Waals surface area contributed by atoms with Gasteiger partial charge in [-0.2, -0.15) is 0 Å². The van der Waals surface area contributed by atoms with Crippen LogP contribution < -0.4 is 10.3 Å². The predicted octanol–water partition coefficient (Wildman–Crippen LogP) is 5.17. The van der Waals surface area contributed by atoms with Gasteiger partial charge < -0.3 is 9.84 Å². The van der Waals surface area contributed by atoms with E-state index in [-0.39, 0.29) is 22.3 Å². The molecule has 1 unspecified atom stereocenters. The molecule has 4 aromatic heterocycles. The number of ether oxygens (including phenoxy) is 1. The molecule has 4 heterocycles. The van der Waals surface area contributed by atoms with Crippen molar-refractivity contribution in [3.63, 3.8) is 0 Å². The minimum absolute atomic E-state index is 0.119. The van der Waals surface area contributed by atoms with Crippen molar-refractivity contribution in [3.8, 4) is 22.8 Å². The fraction of sp³-hybridized carbons (Fsp3) is 0.296. The normalized spacial score (nSPS) is 12.5. The molecule has 37 heavy (non-hydrogen) atoms. The van der Waals surface area contributed by atoms with Gasteiger partial charge >= 0.3 is 0 Å². The van der Waals surface area contributed by atoms with E-state index in [1.807, 2.05) is 6.92 Å². The lowest BCUT2D eigenvalue weighted by atomic mass is 10.1. The lowest BCUT2D eigenvalue weighted by Crippen LogP contribution is -2.23. The summed E-state index contributed by atoms with van der Waals surface area (Å²) in [5.41, 5.74) is 1.91. The number of aryl methyl sites for hydroxylation is 3. The molecule has 0 aliphatic heterocycles. The zero-order valence-electron chi connectivity index (χ0n) is 21.4. The van der Waals surface area contributed by atoms with Crippen molar-refractivity contribution < 1.29 is 14.2 Å². The summed E-state index contributed by atoms with van der Waals surface area (Å²) in [5.74, 6) is -0.112. The van der Waals surface area contributed by atoms with Gasteiger partial charge in [0, 0.05) is 30.4 Å². The summed E-state index contributed by atoms with van der Waals surface area (Å²) >= 11 is 6.46. The first-order valence-electron chi connectivity index (χ1n) is 11.6. The molecule has 0 saturated carbocycles. The number of nitrogens with zero attached hydrogens (tertiary/aromatic N) is 5. The highest BCUT2D eigenvalue weighted by molar-refractivity contribution is 6.31. The molecular formula is C27H27ClFN5O3. The monoisotopic (exact) mass is 523 g/mol. The zero-order valence-corrected chi connectivity index (χ0v) is 22.1. The maximum atomic E-state index is 14.4. The molecule has 0 aliphatic rings. The van der Waals surface area contributed by atoms with Gasteiger partial charge in [0.2, 0.25) is 0 Å². The molecule has 10 heteroatoms. The van der Waals surface area contributed by atoms with Gasteiger partial charge in [-0.05, 0) is 70.9 Å². The molecule has 0 aromatic carbocycles. The van der Waals surface area contributed by atoms with Crippen LogP contribution in [0.15, 0.2) is 47.7 Å². The fourth-order valence-corrected chi connectivity index (χ4v) is 4.03. The Hall–Kier alpha value is -3.69. The molecule has 4 rings (SSSR count). The van der Waals surface area contributed by atoms with Crippen LogP contribution in [0.1, 0.15) is 55.2 Å². The highest BCUT2D eigenvalue weighted by Gasteiger charge is 2.22. The van der Waals surface area contributed by atoms with E-state index in [9.17, 15) is 14.3 Å². The van der Waals surface area contributed by atoms with E-state index in [1.165, 1.54) is 10.6 Å². The van der Waals surface area contributed by atoms with Crippen LogP contribution in [-0.4, -0.2) is 29.6 Å². The fourth-order valence-electron chi connectivity index (χ4n) is 3.85. The Bertz CT molecular complexity index is 1550. The van der Waals surface area contributed by atoms with Gasteiger partial charge in [0.25, 0.3) is 5.56 Å². The van der Waals surface area contributed by atoms with Gasteiger partial charge in [-0.1, -0.05) is 11.6 Å². The molecule has 0 bridgehead atoms. The van der Waals surface area contributed by atoms with Gasteiger partial charge in [-0.15, -0.1) is 0 Å². The molecule has 0 spiro atoms. The van der Waals surface area contributed by atoms with Crippen molar-refractivity contribution in [2.75, 3.05) is 0 Å². The number of pyridine rings is 3. The van der Waals surface area contributed by atoms with Crippen molar-refractivity contribution in [2.45, 2.75) is 53.2 Å². The zero-order chi connectivity index (χ0) is 27.1. The summed E-state index contributed by atoms with van der Waals surface area (Å²) in [5, 5.41) is 10.1. The van der Waals surface area contributed by atoms with E-state index in [0.717, 1.165) is 5.56 Å². The topological polar surface area (TPSA) is 103 Å². The van der Waals surface area contributed by atoms with Crippen molar-refractivity contribution in [1.82, 2.24) is 24.5 Å². The van der Waals surface area contributed by atoms with E-state index in [4.69, 9.17) is 16.3 Å². The third kappa shape index (κ3) is 5.38. The summed E-state index contributed by atoms with van der Waals surface area (Å²) in [6.45, 7) is 10.1. The van der Waals surface area contributed by atoms with E-state index in [1.54, 1.807) is 71.4 Å². The van der Waals surface area contributed by atoms with Crippen molar-refractivity contribution in [1.29, 1.82) is 0 Å². The second kappa shape index (κ2) is 9.99. The lowest BCUT2D eigenvalue weighted by molar-refractivity contribution is 0.0688. The van der Waals surface area contributed by atoms with Crippen LogP contribution >= 0.6 is 11.6 Å². The number of hydrogen-bond donors (Lipinski definition) is 1. The maximum absolute atomic E-state index is 14.4. The van der Waals surface area contributed by atoms with Crippen LogP contribution in [0.5, 0.6) is 5.75 Å². The Labute approximate surface area is 218 Å². The summed E-state index contributed by atoms with van der Waals surface area (Å²) in [7, 11) is 0. The molecule has 0 aliphatic carbocycles. The summed E-state index contributed by atoms with van der Waals surface area (Å²) in [4.78, 5) is 30.6. The molecule has 192 valence electrons. The van der Waals surface area contributed by atoms with E-state index in [0.29, 0.717) is 28.3 Å². The Morgan fingerprint density at radius 3 is 2.49 bits per heavy atom. The number of aromatic nitrogens is 5. The summed E-state index contributed by atoms with van der Waals surface area (Å²) in [6.07, 6.45) is 3.96. The van der Waals surface area contributed by atoms with E-state index >= 15 is 0 Å². The average molecular weight is 524 g/mol. The Morgan fingerprint density at radius 1 is 1.08 bits per heavy atom. The Morgan fingerprint density at radius 2 is 1.81 bits per heavy atom. The Balaban J connectivity index is 1.75. The molecule has 4 aromatic rings. The SMILES string of the molecule is Cc1cnc(C(C)Oc2cc(C)n(-c3cc(-c4ccnc(C(C)(C)O)n4)ncc3C)c(=O)c2Cl)c(F)c1. The summed E-state index contributed by atoms with van der Waals surface area (Å²) in [6, 6.07) is 6.41. The van der Waals surface area contributed by atoms with Crippen molar-refractivity contribution in [2.24, 2.45) is 0 Å². The van der Waals surface area contributed by atoms with E-state index < -0.39 is 23.1 Å². The molecule has 0 radical (unpaired) electrons. The molecule has 0 amide bonds. The van der Waals surface area contributed by atoms with Crippen LogP contribution in [0, 0.1) is 26.6 Å². The third-order valence-corrected chi connectivity index (χ3v) is 6.12. The van der Waals surface area contributed by atoms with Crippen LogP contribution in [0.2, 0.25) is 5.02 Å².